The van der Waals surface area contributed by atoms with E-state index in [4.69, 9.17) is 5.84 Å². The summed E-state index contributed by atoms with van der Waals surface area (Å²) in [4.78, 5) is 6.07. The molecule has 3 N–H and O–H groups in total. The van der Waals surface area contributed by atoms with Gasteiger partial charge in [-0.25, -0.2) is 10.4 Å². The molecule has 2 aromatic rings. The maximum atomic E-state index is 5.37. The molecule has 6 nitrogen and oxygen atoms in total. The van der Waals surface area contributed by atoms with Gasteiger partial charge in [-0.15, -0.1) is 5.10 Å². The van der Waals surface area contributed by atoms with Crippen LogP contribution in [0.2, 0.25) is 0 Å². The molecule has 0 saturated heterocycles. The Morgan fingerprint density at radius 2 is 2.29 bits per heavy atom. The highest BCUT2D eigenvalue weighted by Crippen LogP contribution is 2.15. The summed E-state index contributed by atoms with van der Waals surface area (Å²) in [5, 5.41) is 4.28. The number of hydrazine groups is 1. The zero-order valence-corrected chi connectivity index (χ0v) is 8.10. The first kappa shape index (κ1) is 8.76. The van der Waals surface area contributed by atoms with Crippen molar-refractivity contribution >= 4 is 17.3 Å². The van der Waals surface area contributed by atoms with Gasteiger partial charge in [-0.1, -0.05) is 0 Å². The van der Waals surface area contributed by atoms with Crippen LogP contribution in [-0.4, -0.2) is 28.7 Å². The van der Waals surface area contributed by atoms with E-state index in [0.717, 1.165) is 5.52 Å². The number of hydrogen-bond acceptors (Lipinski definition) is 5. The van der Waals surface area contributed by atoms with Gasteiger partial charge >= 0.3 is 0 Å². The van der Waals surface area contributed by atoms with Crippen molar-refractivity contribution in [3.05, 3.63) is 18.3 Å². The molecule has 0 atom stereocenters. The van der Waals surface area contributed by atoms with E-state index in [1.54, 1.807) is 4.52 Å². The number of aromatic nitrogens is 3. The molecule has 0 bridgehead atoms. The van der Waals surface area contributed by atoms with Gasteiger partial charge < -0.3 is 10.3 Å². The molecule has 6 heteroatoms. The second-order valence-electron chi connectivity index (χ2n) is 3.14. The lowest BCUT2D eigenvalue weighted by Crippen LogP contribution is -2.18. The van der Waals surface area contributed by atoms with E-state index >= 15 is 0 Å². The predicted molar refractivity (Wildman–Crippen MR) is 55.1 cm³/mol. The first-order valence-corrected chi connectivity index (χ1v) is 4.21. The molecule has 2 heterocycles. The summed E-state index contributed by atoms with van der Waals surface area (Å²) in [6.45, 7) is 0. The van der Waals surface area contributed by atoms with Crippen molar-refractivity contribution in [2.75, 3.05) is 24.4 Å². The highest BCUT2D eigenvalue weighted by molar-refractivity contribution is 5.68. The summed E-state index contributed by atoms with van der Waals surface area (Å²) < 4.78 is 1.73. The maximum absolute atomic E-state index is 5.37. The minimum absolute atomic E-state index is 0.613. The first-order chi connectivity index (χ1) is 6.72. The summed E-state index contributed by atoms with van der Waals surface area (Å²) in [7, 11) is 3.76. The van der Waals surface area contributed by atoms with Crippen molar-refractivity contribution in [1.29, 1.82) is 0 Å². The lowest BCUT2D eigenvalue weighted by Gasteiger charge is -2.11. The molecule has 74 valence electrons. The van der Waals surface area contributed by atoms with Gasteiger partial charge in [0.1, 0.15) is 5.52 Å². The Labute approximate surface area is 81.3 Å². The lowest BCUT2D eigenvalue weighted by molar-refractivity contribution is 0.865. The van der Waals surface area contributed by atoms with E-state index in [9.17, 15) is 0 Å². The Morgan fingerprint density at radius 3 is 2.93 bits per heavy atom. The quantitative estimate of drug-likeness (QED) is 0.521. The average molecular weight is 192 g/mol. The monoisotopic (exact) mass is 192 g/mol. The molecular formula is C8H12N6. The number of nitrogen functional groups attached to an aromatic ring is 1. The van der Waals surface area contributed by atoms with Crippen molar-refractivity contribution in [2.24, 2.45) is 5.84 Å². The van der Waals surface area contributed by atoms with Gasteiger partial charge in [0, 0.05) is 20.3 Å². The Balaban J connectivity index is 2.67. The summed E-state index contributed by atoms with van der Waals surface area (Å²) in [5.74, 6) is 6.60. The van der Waals surface area contributed by atoms with Crippen LogP contribution in [-0.2, 0) is 0 Å². The number of rotatable bonds is 2. The van der Waals surface area contributed by atoms with Crippen molar-refractivity contribution in [2.45, 2.75) is 0 Å². The van der Waals surface area contributed by atoms with Crippen LogP contribution in [0.4, 0.5) is 11.8 Å². The summed E-state index contributed by atoms with van der Waals surface area (Å²) in [6, 6.07) is 3.79. The SMILES string of the molecule is CN(C)c1nc(NN)c2cccn2n1. The third-order valence-electron chi connectivity index (χ3n) is 1.92. The zero-order chi connectivity index (χ0) is 10.1. The molecule has 0 aliphatic rings. The molecule has 2 aromatic heterocycles. The second-order valence-corrected chi connectivity index (χ2v) is 3.14. The third-order valence-corrected chi connectivity index (χ3v) is 1.92. The van der Waals surface area contributed by atoms with Crippen molar-refractivity contribution < 1.29 is 0 Å². The fourth-order valence-corrected chi connectivity index (χ4v) is 1.22. The fraction of sp³-hybridized carbons (Fsp3) is 0.250. The van der Waals surface area contributed by atoms with Gasteiger partial charge in [-0.2, -0.15) is 4.98 Å². The molecular weight excluding hydrogens is 180 g/mol. The van der Waals surface area contributed by atoms with Crippen LogP contribution in [0.5, 0.6) is 0 Å². The highest BCUT2D eigenvalue weighted by Gasteiger charge is 2.06. The van der Waals surface area contributed by atoms with Crippen LogP contribution in [0.1, 0.15) is 0 Å². The molecule has 2 rings (SSSR count). The zero-order valence-electron chi connectivity index (χ0n) is 8.10. The van der Waals surface area contributed by atoms with Gasteiger partial charge in [-0.3, -0.25) is 0 Å². The number of nitrogens with one attached hydrogen (secondary N) is 1. The molecule has 0 aromatic carbocycles. The van der Waals surface area contributed by atoms with Crippen LogP contribution in [0, 0.1) is 0 Å². The minimum Gasteiger partial charge on any atom is -0.346 e. The Morgan fingerprint density at radius 1 is 1.50 bits per heavy atom. The molecule has 0 radical (unpaired) electrons. The van der Waals surface area contributed by atoms with Gasteiger partial charge in [0.05, 0.1) is 0 Å². The average Bonchev–Trinajstić information content (AvgIpc) is 2.63. The van der Waals surface area contributed by atoms with Crippen molar-refractivity contribution in [1.82, 2.24) is 14.6 Å². The Hall–Kier alpha value is -1.82. The Kier molecular flexibility index (Phi) is 1.97. The van der Waals surface area contributed by atoms with E-state index in [1.165, 1.54) is 0 Å². The van der Waals surface area contributed by atoms with Gasteiger partial charge in [0.2, 0.25) is 5.95 Å². The lowest BCUT2D eigenvalue weighted by atomic mass is 10.5. The molecule has 0 aliphatic carbocycles. The third kappa shape index (κ3) is 1.25. The molecule has 14 heavy (non-hydrogen) atoms. The highest BCUT2D eigenvalue weighted by atomic mass is 15.4. The number of nitrogens with zero attached hydrogens (tertiary/aromatic N) is 4. The topological polar surface area (TPSA) is 71.5 Å². The van der Waals surface area contributed by atoms with Gasteiger partial charge in [0.15, 0.2) is 5.82 Å². The Bertz CT molecular complexity index is 446. The number of nitrogens with two attached hydrogens (primary N) is 1. The molecule has 0 aliphatic heterocycles. The second kappa shape index (κ2) is 3.15. The molecule has 0 amide bonds. The smallest absolute Gasteiger partial charge is 0.245 e. The van der Waals surface area contributed by atoms with Crippen LogP contribution in [0.15, 0.2) is 18.3 Å². The molecule has 0 spiro atoms. The van der Waals surface area contributed by atoms with E-state index in [2.05, 4.69) is 15.5 Å². The summed E-state index contributed by atoms with van der Waals surface area (Å²) in [6.07, 6.45) is 1.85. The van der Waals surface area contributed by atoms with Crippen LogP contribution >= 0.6 is 0 Å². The van der Waals surface area contributed by atoms with Crippen LogP contribution in [0.25, 0.3) is 5.52 Å². The minimum atomic E-state index is 0.613. The predicted octanol–water partition coefficient (Wildman–Crippen LogP) is 0.0809. The van der Waals surface area contributed by atoms with E-state index in [0.29, 0.717) is 11.8 Å². The first-order valence-electron chi connectivity index (χ1n) is 4.21. The summed E-state index contributed by atoms with van der Waals surface area (Å²) >= 11 is 0. The van der Waals surface area contributed by atoms with Crippen molar-refractivity contribution in [3.63, 3.8) is 0 Å². The normalized spacial score (nSPS) is 10.5. The number of anilines is 2. The van der Waals surface area contributed by atoms with Crippen LogP contribution < -0.4 is 16.2 Å². The molecule has 0 unspecified atom stereocenters. The fourth-order valence-electron chi connectivity index (χ4n) is 1.22. The van der Waals surface area contributed by atoms with Crippen LogP contribution in [0.3, 0.4) is 0 Å². The van der Waals surface area contributed by atoms with E-state index in [-0.39, 0.29) is 0 Å². The van der Waals surface area contributed by atoms with Crippen molar-refractivity contribution in [3.8, 4) is 0 Å². The molecule has 0 fully saturated rings. The largest absolute Gasteiger partial charge is 0.346 e. The number of fused-ring (bicyclic) bond motifs is 1. The van der Waals surface area contributed by atoms with E-state index < -0.39 is 0 Å². The standard InChI is InChI=1S/C8H12N6/c1-13(2)8-10-7(11-9)6-4-3-5-14(6)12-8/h3-5H,9H2,1-2H3,(H,10,11,12). The number of hydrogen-bond donors (Lipinski definition) is 2. The van der Waals surface area contributed by atoms with Gasteiger partial charge in [0.25, 0.3) is 0 Å². The molecule has 0 saturated carbocycles. The summed E-state index contributed by atoms with van der Waals surface area (Å²) in [5.41, 5.74) is 3.41. The maximum Gasteiger partial charge on any atom is 0.245 e. The van der Waals surface area contributed by atoms with Gasteiger partial charge in [-0.05, 0) is 12.1 Å². The van der Waals surface area contributed by atoms with E-state index in [1.807, 2.05) is 37.3 Å².